The van der Waals surface area contributed by atoms with E-state index in [2.05, 4.69) is 35.4 Å². The maximum Gasteiger partial charge on any atom is 0.513 e. The minimum absolute atomic E-state index is 0.244. The second-order valence-electron chi connectivity index (χ2n) is 6.06. The van der Waals surface area contributed by atoms with Gasteiger partial charge in [0, 0.05) is 30.2 Å². The van der Waals surface area contributed by atoms with E-state index in [9.17, 15) is 9.59 Å². The highest BCUT2D eigenvalue weighted by Crippen LogP contribution is 2.23. The van der Waals surface area contributed by atoms with Gasteiger partial charge >= 0.3 is 12.2 Å². The van der Waals surface area contributed by atoms with E-state index in [1.807, 2.05) is 19.1 Å². The van der Waals surface area contributed by atoms with Crippen molar-refractivity contribution in [3.05, 3.63) is 48.0 Å². The Labute approximate surface area is 165 Å². The maximum atomic E-state index is 12.3. The molecule has 2 aromatic carbocycles. The van der Waals surface area contributed by atoms with Crippen LogP contribution in [0.15, 0.2) is 42.5 Å². The Kier molecular flexibility index (Phi) is 7.68. The molecule has 7 nitrogen and oxygen atoms in total. The first-order valence-electron chi connectivity index (χ1n) is 9.35. The van der Waals surface area contributed by atoms with Gasteiger partial charge in [0.1, 0.15) is 5.75 Å². The third-order valence-electron chi connectivity index (χ3n) is 4.16. The number of rotatable bonds is 7. The Bertz CT molecular complexity index is 802. The first kappa shape index (κ1) is 21.1. The second kappa shape index (κ2) is 10.2. The number of aryl methyl sites for hydroxylation is 1. The lowest BCUT2D eigenvalue weighted by Crippen LogP contribution is -2.22. The highest BCUT2D eigenvalue weighted by Gasteiger charge is 2.09. The molecule has 0 aliphatic rings. The zero-order chi connectivity index (χ0) is 20.5. The molecule has 7 heteroatoms. The molecule has 0 saturated carbocycles. The molecule has 0 aliphatic carbocycles. The molecule has 0 aromatic heterocycles. The molecular formula is C21H27N3O4. The molecule has 0 atom stereocenters. The molecule has 2 amide bonds. The molecule has 2 N–H and O–H groups in total. The molecule has 2 aromatic rings. The molecule has 0 radical (unpaired) electrons. The summed E-state index contributed by atoms with van der Waals surface area (Å²) in [5.41, 5.74) is 3.44. The van der Waals surface area contributed by atoms with Crippen molar-refractivity contribution in [1.82, 2.24) is 0 Å². The first-order valence-corrected chi connectivity index (χ1v) is 9.35. The van der Waals surface area contributed by atoms with E-state index in [0.717, 1.165) is 30.0 Å². The van der Waals surface area contributed by atoms with E-state index in [1.54, 1.807) is 31.2 Å². The maximum absolute atomic E-state index is 12.3. The summed E-state index contributed by atoms with van der Waals surface area (Å²) in [5.74, 6) is 0.340. The average Bonchev–Trinajstić information content (AvgIpc) is 2.66. The van der Waals surface area contributed by atoms with Crippen LogP contribution in [0.4, 0.5) is 26.7 Å². The van der Waals surface area contributed by atoms with Crippen LogP contribution in [-0.2, 0) is 4.74 Å². The summed E-state index contributed by atoms with van der Waals surface area (Å²) in [6, 6.07) is 12.1. The van der Waals surface area contributed by atoms with Crippen LogP contribution < -0.4 is 20.3 Å². The van der Waals surface area contributed by atoms with Crippen molar-refractivity contribution in [1.29, 1.82) is 0 Å². The van der Waals surface area contributed by atoms with Gasteiger partial charge in [0.25, 0.3) is 0 Å². The fourth-order valence-corrected chi connectivity index (χ4v) is 2.71. The molecule has 0 bridgehead atoms. The van der Waals surface area contributed by atoms with Gasteiger partial charge in [-0.15, -0.1) is 0 Å². The van der Waals surface area contributed by atoms with Gasteiger partial charge in [0.15, 0.2) is 0 Å². The lowest BCUT2D eigenvalue weighted by Gasteiger charge is -2.22. The van der Waals surface area contributed by atoms with E-state index >= 15 is 0 Å². The highest BCUT2D eigenvalue weighted by molar-refractivity contribution is 6.00. The van der Waals surface area contributed by atoms with Crippen molar-refractivity contribution in [3.63, 3.8) is 0 Å². The van der Waals surface area contributed by atoms with Crippen molar-refractivity contribution in [2.75, 3.05) is 35.2 Å². The fourth-order valence-electron chi connectivity index (χ4n) is 2.71. The quantitative estimate of drug-likeness (QED) is 0.517. The van der Waals surface area contributed by atoms with Gasteiger partial charge < -0.3 is 25.0 Å². The summed E-state index contributed by atoms with van der Waals surface area (Å²) in [5, 5.41) is 5.60. The standard InChI is InChI=1S/C21H27N3O4/c1-5-24(6-2)17-10-13-19(15(4)14-17)23-20(25)22-16-8-11-18(12-9-16)28-21(26)27-7-3/h8-14H,5-7H2,1-4H3,(H2,22,23,25). The first-order chi connectivity index (χ1) is 13.5. The number of nitrogens with one attached hydrogen (secondary N) is 2. The fraction of sp³-hybridized carbons (Fsp3) is 0.333. The zero-order valence-electron chi connectivity index (χ0n) is 16.7. The van der Waals surface area contributed by atoms with Crippen LogP contribution in [0.3, 0.4) is 0 Å². The summed E-state index contributed by atoms with van der Waals surface area (Å²) >= 11 is 0. The Hall–Kier alpha value is -3.22. The van der Waals surface area contributed by atoms with Crippen molar-refractivity contribution < 1.29 is 19.1 Å². The SMILES string of the molecule is CCOC(=O)Oc1ccc(NC(=O)Nc2ccc(N(CC)CC)cc2C)cc1. The largest absolute Gasteiger partial charge is 0.513 e. The number of hydrogen-bond donors (Lipinski definition) is 2. The van der Waals surface area contributed by atoms with Crippen LogP contribution in [0.5, 0.6) is 5.75 Å². The van der Waals surface area contributed by atoms with Gasteiger partial charge in [0.2, 0.25) is 0 Å². The lowest BCUT2D eigenvalue weighted by molar-refractivity contribution is 0.104. The Morgan fingerprint density at radius 2 is 1.64 bits per heavy atom. The van der Waals surface area contributed by atoms with E-state index in [-0.39, 0.29) is 12.6 Å². The Morgan fingerprint density at radius 3 is 2.21 bits per heavy atom. The van der Waals surface area contributed by atoms with Crippen LogP contribution in [0.2, 0.25) is 0 Å². The van der Waals surface area contributed by atoms with Gasteiger partial charge in [-0.3, -0.25) is 0 Å². The Balaban J connectivity index is 1.95. The predicted molar refractivity (Wildman–Crippen MR) is 111 cm³/mol. The van der Waals surface area contributed by atoms with Crippen LogP contribution in [0.25, 0.3) is 0 Å². The van der Waals surface area contributed by atoms with Crippen molar-refractivity contribution in [2.24, 2.45) is 0 Å². The number of urea groups is 1. The molecular weight excluding hydrogens is 358 g/mol. The summed E-state index contributed by atoms with van der Waals surface area (Å²) in [6.45, 7) is 9.99. The Morgan fingerprint density at radius 1 is 0.964 bits per heavy atom. The number of carbonyl (C=O) groups excluding carboxylic acids is 2. The number of ether oxygens (including phenoxy) is 2. The summed E-state index contributed by atoms with van der Waals surface area (Å²) in [4.78, 5) is 25.8. The van der Waals surface area contributed by atoms with Crippen molar-refractivity contribution in [2.45, 2.75) is 27.7 Å². The minimum Gasteiger partial charge on any atom is -0.434 e. The molecule has 150 valence electrons. The average molecular weight is 385 g/mol. The van der Waals surface area contributed by atoms with E-state index in [1.165, 1.54) is 0 Å². The highest BCUT2D eigenvalue weighted by atomic mass is 16.7. The summed E-state index contributed by atoms with van der Waals surface area (Å²) in [6.07, 6.45) is -0.760. The lowest BCUT2D eigenvalue weighted by atomic mass is 10.1. The van der Waals surface area contributed by atoms with Crippen LogP contribution >= 0.6 is 0 Å². The third-order valence-corrected chi connectivity index (χ3v) is 4.16. The van der Waals surface area contributed by atoms with E-state index in [4.69, 9.17) is 9.47 Å². The van der Waals surface area contributed by atoms with E-state index in [0.29, 0.717) is 11.4 Å². The molecule has 28 heavy (non-hydrogen) atoms. The van der Waals surface area contributed by atoms with Gasteiger partial charge in [-0.25, -0.2) is 9.59 Å². The molecule has 0 fully saturated rings. The molecule has 0 aliphatic heterocycles. The van der Waals surface area contributed by atoms with Crippen molar-refractivity contribution >= 4 is 29.2 Å². The monoisotopic (exact) mass is 385 g/mol. The van der Waals surface area contributed by atoms with Gasteiger partial charge in [0.05, 0.1) is 6.61 Å². The number of amides is 2. The molecule has 0 saturated heterocycles. The molecule has 0 spiro atoms. The summed E-state index contributed by atoms with van der Waals surface area (Å²) < 4.78 is 9.69. The van der Waals surface area contributed by atoms with Gasteiger partial charge in [-0.2, -0.15) is 0 Å². The molecule has 0 unspecified atom stereocenters. The molecule has 0 heterocycles. The smallest absolute Gasteiger partial charge is 0.434 e. The number of carbonyl (C=O) groups is 2. The normalized spacial score (nSPS) is 10.1. The summed E-state index contributed by atoms with van der Waals surface area (Å²) in [7, 11) is 0. The van der Waals surface area contributed by atoms with Gasteiger partial charge in [-0.1, -0.05) is 0 Å². The number of hydrogen-bond acceptors (Lipinski definition) is 5. The second-order valence-corrected chi connectivity index (χ2v) is 6.06. The topological polar surface area (TPSA) is 79.9 Å². The number of benzene rings is 2. The third kappa shape index (κ3) is 5.90. The minimum atomic E-state index is -0.760. The van der Waals surface area contributed by atoms with Crippen molar-refractivity contribution in [3.8, 4) is 5.75 Å². The van der Waals surface area contributed by atoms with Crippen LogP contribution in [0.1, 0.15) is 26.3 Å². The zero-order valence-corrected chi connectivity index (χ0v) is 16.7. The number of nitrogens with zero attached hydrogens (tertiary/aromatic N) is 1. The number of anilines is 3. The van der Waals surface area contributed by atoms with Gasteiger partial charge in [-0.05, 0) is 75.7 Å². The molecule has 2 rings (SSSR count). The van der Waals surface area contributed by atoms with E-state index < -0.39 is 6.16 Å². The van der Waals surface area contributed by atoms with Crippen LogP contribution in [0, 0.1) is 6.92 Å². The van der Waals surface area contributed by atoms with Crippen LogP contribution in [-0.4, -0.2) is 31.9 Å². The predicted octanol–water partition coefficient (Wildman–Crippen LogP) is 5.02.